The fraction of sp³-hybridized carbons (Fsp3) is 0.500. The predicted molar refractivity (Wildman–Crippen MR) is 52.6 cm³/mol. The third-order valence-electron chi connectivity index (χ3n) is 2.76. The highest BCUT2D eigenvalue weighted by atomic mass is 19.1. The van der Waals surface area contributed by atoms with Crippen molar-refractivity contribution in [1.29, 1.82) is 0 Å². The quantitative estimate of drug-likeness (QED) is 0.646. The standard InChI is InChI=1S/C12H15F/c1-9(2)10-4-3-5-11(8-10)12(13)6-7-12/h3-5,8-9H,6-7H2,1-2H3. The van der Waals surface area contributed by atoms with Gasteiger partial charge in [0.15, 0.2) is 0 Å². The van der Waals surface area contributed by atoms with E-state index in [0.717, 1.165) is 5.56 Å². The monoisotopic (exact) mass is 178 g/mol. The Kier molecular flexibility index (Phi) is 1.90. The molecule has 1 aromatic rings. The third-order valence-corrected chi connectivity index (χ3v) is 2.76. The van der Waals surface area contributed by atoms with Gasteiger partial charge in [0.2, 0.25) is 0 Å². The molecule has 0 N–H and O–H groups in total. The second kappa shape index (κ2) is 2.83. The molecule has 0 unspecified atom stereocenters. The van der Waals surface area contributed by atoms with Crippen molar-refractivity contribution in [3.05, 3.63) is 35.4 Å². The molecule has 0 bridgehead atoms. The van der Waals surface area contributed by atoms with Crippen molar-refractivity contribution in [2.24, 2.45) is 0 Å². The minimum Gasteiger partial charge on any atom is -0.239 e. The molecule has 0 nitrogen and oxygen atoms in total. The van der Waals surface area contributed by atoms with Crippen LogP contribution in [-0.2, 0) is 5.67 Å². The number of hydrogen-bond acceptors (Lipinski definition) is 0. The highest BCUT2D eigenvalue weighted by molar-refractivity contribution is 5.33. The van der Waals surface area contributed by atoms with Crippen molar-refractivity contribution in [3.63, 3.8) is 0 Å². The third kappa shape index (κ3) is 1.60. The molecule has 0 aromatic heterocycles. The van der Waals surface area contributed by atoms with Crippen LogP contribution in [0.5, 0.6) is 0 Å². The van der Waals surface area contributed by atoms with Crippen LogP contribution < -0.4 is 0 Å². The lowest BCUT2D eigenvalue weighted by Gasteiger charge is -2.10. The summed E-state index contributed by atoms with van der Waals surface area (Å²) >= 11 is 0. The molecular formula is C12H15F. The Balaban J connectivity index is 2.33. The molecule has 0 aliphatic heterocycles. The summed E-state index contributed by atoms with van der Waals surface area (Å²) in [5.74, 6) is 0.488. The fourth-order valence-electron chi connectivity index (χ4n) is 1.57. The topological polar surface area (TPSA) is 0 Å². The van der Waals surface area contributed by atoms with Crippen molar-refractivity contribution in [2.75, 3.05) is 0 Å². The van der Waals surface area contributed by atoms with Crippen LogP contribution in [0.2, 0.25) is 0 Å². The lowest BCUT2D eigenvalue weighted by atomic mass is 9.98. The normalized spacial score (nSPS) is 19.1. The molecule has 1 aliphatic carbocycles. The number of alkyl halides is 1. The molecule has 0 saturated heterocycles. The first-order chi connectivity index (χ1) is 6.12. The van der Waals surface area contributed by atoms with Crippen LogP contribution in [0.1, 0.15) is 43.7 Å². The van der Waals surface area contributed by atoms with Gasteiger partial charge in [-0.2, -0.15) is 0 Å². The Morgan fingerprint density at radius 1 is 1.31 bits per heavy atom. The van der Waals surface area contributed by atoms with Crippen LogP contribution in [0.3, 0.4) is 0 Å². The van der Waals surface area contributed by atoms with Gasteiger partial charge < -0.3 is 0 Å². The fourth-order valence-corrected chi connectivity index (χ4v) is 1.57. The molecule has 1 aromatic carbocycles. The molecule has 2 rings (SSSR count). The van der Waals surface area contributed by atoms with E-state index in [-0.39, 0.29) is 0 Å². The minimum absolute atomic E-state index is 0.488. The Morgan fingerprint density at radius 2 is 2.00 bits per heavy atom. The maximum absolute atomic E-state index is 13.7. The summed E-state index contributed by atoms with van der Waals surface area (Å²) in [6.07, 6.45) is 1.41. The molecule has 70 valence electrons. The van der Waals surface area contributed by atoms with Crippen LogP contribution in [0.15, 0.2) is 24.3 Å². The molecule has 1 heteroatoms. The van der Waals surface area contributed by atoms with Crippen LogP contribution in [0.4, 0.5) is 4.39 Å². The summed E-state index contributed by atoms with van der Waals surface area (Å²) in [4.78, 5) is 0. The SMILES string of the molecule is CC(C)c1cccc(C2(F)CC2)c1. The number of halogens is 1. The van der Waals surface area contributed by atoms with Gasteiger partial charge in [-0.3, -0.25) is 0 Å². The average molecular weight is 178 g/mol. The van der Waals surface area contributed by atoms with Gasteiger partial charge in [0.25, 0.3) is 0 Å². The molecule has 0 amide bonds. The first kappa shape index (κ1) is 8.74. The van der Waals surface area contributed by atoms with Crippen LogP contribution >= 0.6 is 0 Å². The molecule has 0 radical (unpaired) electrons. The van der Waals surface area contributed by atoms with Gasteiger partial charge in [-0.25, -0.2) is 4.39 Å². The maximum atomic E-state index is 13.7. The minimum atomic E-state index is -0.981. The lowest BCUT2D eigenvalue weighted by molar-refractivity contribution is 0.317. The van der Waals surface area contributed by atoms with Crippen molar-refractivity contribution in [1.82, 2.24) is 0 Å². The smallest absolute Gasteiger partial charge is 0.136 e. The zero-order valence-corrected chi connectivity index (χ0v) is 8.18. The Hall–Kier alpha value is -0.850. The molecule has 1 fully saturated rings. The molecule has 13 heavy (non-hydrogen) atoms. The second-order valence-electron chi connectivity index (χ2n) is 4.25. The van der Waals surface area contributed by atoms with Gasteiger partial charge in [0, 0.05) is 0 Å². The maximum Gasteiger partial charge on any atom is 0.136 e. The van der Waals surface area contributed by atoms with Crippen molar-refractivity contribution >= 4 is 0 Å². The van der Waals surface area contributed by atoms with E-state index >= 15 is 0 Å². The zero-order valence-electron chi connectivity index (χ0n) is 8.18. The Morgan fingerprint density at radius 3 is 2.54 bits per heavy atom. The van der Waals surface area contributed by atoms with Gasteiger partial charge >= 0.3 is 0 Å². The molecule has 0 atom stereocenters. The van der Waals surface area contributed by atoms with Crippen molar-refractivity contribution in [3.8, 4) is 0 Å². The second-order valence-corrected chi connectivity index (χ2v) is 4.25. The van der Waals surface area contributed by atoms with Crippen molar-refractivity contribution < 1.29 is 4.39 Å². The predicted octanol–water partition coefficient (Wildman–Crippen LogP) is 3.77. The number of benzene rings is 1. The van der Waals surface area contributed by atoms with Crippen LogP contribution in [0.25, 0.3) is 0 Å². The van der Waals surface area contributed by atoms with E-state index in [1.54, 1.807) is 0 Å². The molecule has 1 saturated carbocycles. The number of hydrogen-bond donors (Lipinski definition) is 0. The summed E-state index contributed by atoms with van der Waals surface area (Å²) in [6, 6.07) is 7.95. The van der Waals surface area contributed by atoms with E-state index in [0.29, 0.717) is 18.8 Å². The molecule has 0 heterocycles. The van der Waals surface area contributed by atoms with E-state index in [1.165, 1.54) is 5.56 Å². The Labute approximate surface area is 78.8 Å². The molecule has 1 aliphatic rings. The van der Waals surface area contributed by atoms with E-state index < -0.39 is 5.67 Å². The molecular weight excluding hydrogens is 163 g/mol. The van der Waals surface area contributed by atoms with E-state index in [4.69, 9.17) is 0 Å². The van der Waals surface area contributed by atoms with Crippen LogP contribution in [0, 0.1) is 0 Å². The first-order valence-electron chi connectivity index (χ1n) is 4.91. The van der Waals surface area contributed by atoms with E-state index in [2.05, 4.69) is 19.9 Å². The summed E-state index contributed by atoms with van der Waals surface area (Å²) in [5, 5.41) is 0. The zero-order chi connectivity index (χ0) is 9.47. The summed E-state index contributed by atoms with van der Waals surface area (Å²) < 4.78 is 13.7. The van der Waals surface area contributed by atoms with Gasteiger partial charge in [0.1, 0.15) is 5.67 Å². The van der Waals surface area contributed by atoms with Gasteiger partial charge in [0.05, 0.1) is 0 Å². The van der Waals surface area contributed by atoms with Crippen LogP contribution in [-0.4, -0.2) is 0 Å². The summed E-state index contributed by atoms with van der Waals surface area (Å²) in [6.45, 7) is 4.27. The first-order valence-corrected chi connectivity index (χ1v) is 4.91. The van der Waals surface area contributed by atoms with E-state index in [9.17, 15) is 4.39 Å². The Bertz CT molecular complexity index is 311. The average Bonchev–Trinajstić information content (AvgIpc) is 2.85. The number of rotatable bonds is 2. The molecule has 0 spiro atoms. The summed E-state index contributed by atoms with van der Waals surface area (Å²) in [5.41, 5.74) is 1.13. The lowest BCUT2D eigenvalue weighted by Crippen LogP contribution is -1.99. The largest absolute Gasteiger partial charge is 0.239 e. The van der Waals surface area contributed by atoms with E-state index in [1.807, 2.05) is 18.2 Å². The summed E-state index contributed by atoms with van der Waals surface area (Å²) in [7, 11) is 0. The highest BCUT2D eigenvalue weighted by Crippen LogP contribution is 2.49. The van der Waals surface area contributed by atoms with Gasteiger partial charge in [-0.15, -0.1) is 0 Å². The van der Waals surface area contributed by atoms with Crippen molar-refractivity contribution in [2.45, 2.75) is 38.3 Å². The van der Waals surface area contributed by atoms with Gasteiger partial charge in [-0.1, -0.05) is 38.1 Å². The van der Waals surface area contributed by atoms with Gasteiger partial charge in [-0.05, 0) is 29.9 Å². The highest BCUT2D eigenvalue weighted by Gasteiger charge is 2.44.